The molecule has 3 heterocycles. The van der Waals surface area contributed by atoms with Crippen LogP contribution >= 0.6 is 0 Å². The Morgan fingerprint density at radius 2 is 2.21 bits per heavy atom. The molecular weight excluding hydrogens is 350 g/mol. The van der Waals surface area contributed by atoms with Crippen LogP contribution in [0.15, 0.2) is 17.4 Å². The highest BCUT2D eigenvalue weighted by Crippen LogP contribution is 2.60. The van der Waals surface area contributed by atoms with Gasteiger partial charge in [-0.1, -0.05) is 12.8 Å². The van der Waals surface area contributed by atoms with Gasteiger partial charge in [-0.15, -0.1) is 0 Å². The molecule has 1 N–H and O–H groups in total. The van der Waals surface area contributed by atoms with E-state index in [1.54, 1.807) is 0 Å². The van der Waals surface area contributed by atoms with Gasteiger partial charge in [0.05, 0.1) is 12.3 Å². The topological polar surface area (TPSA) is 54.7 Å². The first-order chi connectivity index (χ1) is 13.7. The third kappa shape index (κ3) is 3.04. The van der Waals surface area contributed by atoms with E-state index in [1.165, 1.54) is 44.1 Å². The first kappa shape index (κ1) is 18.5. The predicted octanol–water partition coefficient (Wildman–Crippen LogP) is 2.60. The molecule has 4 fully saturated rings. The first-order valence-corrected chi connectivity index (χ1v) is 11.3. The molecule has 1 aromatic rings. The maximum atomic E-state index is 6.17. The summed E-state index contributed by atoms with van der Waals surface area (Å²) in [5.74, 6) is 2.53. The Hall–Kier alpha value is -1.56. The number of aryl methyl sites for hydroxylation is 1. The molecule has 2 aliphatic carbocycles. The quantitative estimate of drug-likeness (QED) is 0.639. The Balaban J connectivity index is 1.26. The summed E-state index contributed by atoms with van der Waals surface area (Å²) in [6.07, 6.45) is 13.6. The third-order valence-corrected chi connectivity index (χ3v) is 7.75. The fourth-order valence-electron chi connectivity index (χ4n) is 6.53. The van der Waals surface area contributed by atoms with E-state index in [-0.39, 0.29) is 0 Å². The van der Waals surface area contributed by atoms with Crippen LogP contribution in [-0.4, -0.2) is 59.0 Å². The van der Waals surface area contributed by atoms with Gasteiger partial charge in [0.25, 0.3) is 0 Å². The average molecular weight is 386 g/mol. The predicted molar refractivity (Wildman–Crippen MR) is 110 cm³/mol. The van der Waals surface area contributed by atoms with Crippen molar-refractivity contribution in [3.05, 3.63) is 18.0 Å². The summed E-state index contributed by atoms with van der Waals surface area (Å²) < 4.78 is 8.08. The number of likely N-dealkylation sites (tertiary alicyclic amines) is 1. The molecule has 1 spiro atoms. The van der Waals surface area contributed by atoms with Gasteiger partial charge < -0.3 is 15.0 Å². The van der Waals surface area contributed by atoms with E-state index >= 15 is 0 Å². The van der Waals surface area contributed by atoms with E-state index in [2.05, 4.69) is 28.4 Å². The van der Waals surface area contributed by atoms with Crippen molar-refractivity contribution >= 4 is 5.96 Å². The smallest absolute Gasteiger partial charge is 0.194 e. The standard InChI is InChI=1S/C22H35N5O/c1-3-23-21(27-10-6-16(15-27)12-17-13-24-26(2)14-17)25-19-18-7-11-28-20(18)22(19)8-4-5-9-22/h13-14,16,18-20H,3-12,15H2,1-2H3,(H,23,25). The molecule has 1 aromatic heterocycles. The number of hydrogen-bond acceptors (Lipinski definition) is 3. The van der Waals surface area contributed by atoms with Crippen LogP contribution in [0.5, 0.6) is 0 Å². The molecule has 6 heteroatoms. The molecular formula is C22H35N5O. The molecule has 4 unspecified atom stereocenters. The molecule has 28 heavy (non-hydrogen) atoms. The number of aliphatic imine (C=N–C) groups is 1. The van der Waals surface area contributed by atoms with E-state index in [1.807, 2.05) is 17.9 Å². The lowest BCUT2D eigenvalue weighted by molar-refractivity contribution is -0.125. The van der Waals surface area contributed by atoms with Crippen molar-refractivity contribution in [3.63, 3.8) is 0 Å². The van der Waals surface area contributed by atoms with Crippen LogP contribution in [-0.2, 0) is 18.2 Å². The van der Waals surface area contributed by atoms with Crippen LogP contribution in [0.1, 0.15) is 51.0 Å². The van der Waals surface area contributed by atoms with Gasteiger partial charge >= 0.3 is 0 Å². The van der Waals surface area contributed by atoms with Crippen LogP contribution in [0.3, 0.4) is 0 Å². The average Bonchev–Trinajstić information content (AvgIpc) is 3.46. The van der Waals surface area contributed by atoms with Crippen molar-refractivity contribution in [1.82, 2.24) is 20.0 Å². The van der Waals surface area contributed by atoms with Crippen molar-refractivity contribution in [2.24, 2.45) is 29.3 Å². The number of hydrogen-bond donors (Lipinski definition) is 1. The molecule has 0 bridgehead atoms. The zero-order valence-corrected chi connectivity index (χ0v) is 17.4. The SMILES string of the molecule is CCN=C(NC1C2CCOC2C12CCCC2)N1CCC(Cc2cnn(C)c2)C1. The number of nitrogens with one attached hydrogen (secondary N) is 1. The number of nitrogens with zero attached hydrogens (tertiary/aromatic N) is 4. The normalized spacial score (nSPS) is 34.1. The summed E-state index contributed by atoms with van der Waals surface area (Å²) in [6, 6.07) is 0.560. The molecule has 154 valence electrons. The van der Waals surface area contributed by atoms with Gasteiger partial charge in [-0.2, -0.15) is 5.10 Å². The van der Waals surface area contributed by atoms with Crippen molar-refractivity contribution in [2.45, 2.75) is 64.0 Å². The Labute approximate surface area is 168 Å². The highest BCUT2D eigenvalue weighted by atomic mass is 16.5. The number of aromatic nitrogens is 2. The van der Waals surface area contributed by atoms with Crippen molar-refractivity contribution in [1.29, 1.82) is 0 Å². The Bertz CT molecular complexity index is 722. The minimum absolute atomic E-state index is 0.379. The molecule has 0 radical (unpaired) electrons. The highest BCUT2D eigenvalue weighted by molar-refractivity contribution is 5.81. The molecule has 4 atom stereocenters. The molecule has 0 amide bonds. The van der Waals surface area contributed by atoms with Crippen molar-refractivity contribution in [2.75, 3.05) is 26.2 Å². The fraction of sp³-hybridized carbons (Fsp3) is 0.818. The summed E-state index contributed by atoms with van der Waals surface area (Å²) in [7, 11) is 2.00. The second kappa shape index (κ2) is 7.36. The lowest BCUT2D eigenvalue weighted by atomic mass is 9.54. The zero-order valence-electron chi connectivity index (χ0n) is 17.4. The maximum absolute atomic E-state index is 6.17. The van der Waals surface area contributed by atoms with E-state index in [4.69, 9.17) is 9.73 Å². The Morgan fingerprint density at radius 3 is 2.96 bits per heavy atom. The third-order valence-electron chi connectivity index (χ3n) is 7.75. The summed E-state index contributed by atoms with van der Waals surface area (Å²) in [4.78, 5) is 7.43. The van der Waals surface area contributed by atoms with Gasteiger partial charge in [0, 0.05) is 56.9 Å². The van der Waals surface area contributed by atoms with Crippen LogP contribution in [0, 0.1) is 17.3 Å². The lowest BCUT2D eigenvalue weighted by Gasteiger charge is -2.57. The van der Waals surface area contributed by atoms with Gasteiger partial charge in [0.1, 0.15) is 0 Å². The highest BCUT2D eigenvalue weighted by Gasteiger charge is 2.65. The van der Waals surface area contributed by atoms with Gasteiger partial charge in [0.2, 0.25) is 0 Å². The zero-order chi connectivity index (χ0) is 19.1. The number of ether oxygens (including phenoxy) is 1. The maximum Gasteiger partial charge on any atom is 0.194 e. The summed E-state index contributed by atoms with van der Waals surface area (Å²) >= 11 is 0. The molecule has 2 aliphatic heterocycles. The largest absolute Gasteiger partial charge is 0.377 e. The minimum Gasteiger partial charge on any atom is -0.377 e. The lowest BCUT2D eigenvalue weighted by Crippen LogP contribution is -2.69. The van der Waals surface area contributed by atoms with Gasteiger partial charge in [-0.3, -0.25) is 9.67 Å². The van der Waals surface area contributed by atoms with Gasteiger partial charge in [-0.05, 0) is 50.5 Å². The van der Waals surface area contributed by atoms with Gasteiger partial charge in [0.15, 0.2) is 5.96 Å². The second-order valence-corrected chi connectivity index (χ2v) is 9.43. The summed E-state index contributed by atoms with van der Waals surface area (Å²) in [6.45, 7) is 6.16. The van der Waals surface area contributed by atoms with Crippen LogP contribution < -0.4 is 5.32 Å². The molecule has 2 saturated heterocycles. The number of rotatable bonds is 4. The van der Waals surface area contributed by atoms with E-state index in [9.17, 15) is 0 Å². The minimum atomic E-state index is 0.379. The molecule has 5 rings (SSSR count). The summed E-state index contributed by atoms with van der Waals surface area (Å²) in [5, 5.41) is 8.30. The van der Waals surface area contributed by atoms with Crippen LogP contribution in [0.25, 0.3) is 0 Å². The van der Waals surface area contributed by atoms with Crippen molar-refractivity contribution in [3.8, 4) is 0 Å². The molecule has 4 aliphatic rings. The van der Waals surface area contributed by atoms with Gasteiger partial charge in [-0.25, -0.2) is 0 Å². The summed E-state index contributed by atoms with van der Waals surface area (Å²) in [5.41, 5.74) is 1.73. The molecule has 2 saturated carbocycles. The fourth-order valence-corrected chi connectivity index (χ4v) is 6.53. The van der Waals surface area contributed by atoms with E-state index in [0.29, 0.717) is 29.4 Å². The number of fused-ring (bicyclic) bond motifs is 2. The van der Waals surface area contributed by atoms with E-state index < -0.39 is 0 Å². The van der Waals surface area contributed by atoms with Crippen LogP contribution in [0.4, 0.5) is 0 Å². The molecule has 0 aromatic carbocycles. The first-order valence-electron chi connectivity index (χ1n) is 11.3. The van der Waals surface area contributed by atoms with Crippen LogP contribution in [0.2, 0.25) is 0 Å². The van der Waals surface area contributed by atoms with E-state index in [0.717, 1.165) is 38.6 Å². The van der Waals surface area contributed by atoms with Crippen molar-refractivity contribution < 1.29 is 4.74 Å². The monoisotopic (exact) mass is 385 g/mol. The number of guanidine groups is 1. The Morgan fingerprint density at radius 1 is 1.36 bits per heavy atom. The molecule has 6 nitrogen and oxygen atoms in total. The Kier molecular flexibility index (Phi) is 4.85. The second-order valence-electron chi connectivity index (χ2n) is 9.43.